The molecule has 5 nitrogen and oxygen atoms in total. The van der Waals surface area contributed by atoms with E-state index in [0.29, 0.717) is 17.8 Å². The molecule has 1 amide bonds. The maximum absolute atomic E-state index is 11.8. The van der Waals surface area contributed by atoms with Gasteiger partial charge in [-0.3, -0.25) is 4.79 Å². The third kappa shape index (κ3) is 3.13. The topological polar surface area (TPSA) is 69.8 Å². The van der Waals surface area contributed by atoms with Crippen molar-refractivity contribution < 1.29 is 9.90 Å². The molecule has 0 saturated carbocycles. The van der Waals surface area contributed by atoms with E-state index in [-0.39, 0.29) is 12.5 Å². The predicted molar refractivity (Wildman–Crippen MR) is 73.8 cm³/mol. The number of likely N-dealkylation sites (N-methyl/N-ethyl adjacent to an activating group) is 1. The van der Waals surface area contributed by atoms with Crippen LogP contribution in [0.25, 0.3) is 0 Å². The van der Waals surface area contributed by atoms with Crippen LogP contribution < -0.4 is 10.6 Å². The number of carbonyl (C=O) groups is 1. The lowest BCUT2D eigenvalue weighted by Crippen LogP contribution is -2.27. The van der Waals surface area contributed by atoms with E-state index >= 15 is 0 Å². The number of aliphatic hydroxyl groups is 1. The summed E-state index contributed by atoms with van der Waals surface area (Å²) in [5, 5.41) is 8.99. The van der Waals surface area contributed by atoms with Crippen LogP contribution in [-0.4, -0.2) is 49.7 Å². The molecule has 0 atom stereocenters. The highest BCUT2D eigenvalue weighted by atomic mass is 16.3. The fourth-order valence-corrected chi connectivity index (χ4v) is 1.80. The van der Waals surface area contributed by atoms with Gasteiger partial charge in [-0.15, -0.1) is 0 Å². The minimum absolute atomic E-state index is 0.0709. The van der Waals surface area contributed by atoms with E-state index < -0.39 is 0 Å². The SMILES string of the molecule is CCN(CCO)c1ccc(C(=O)N(C)C)cc1N. The minimum atomic E-state index is -0.0709. The van der Waals surface area contributed by atoms with Crippen LogP contribution in [-0.2, 0) is 0 Å². The first-order valence-electron chi connectivity index (χ1n) is 5.98. The molecule has 18 heavy (non-hydrogen) atoms. The molecule has 1 aromatic carbocycles. The van der Waals surface area contributed by atoms with Crippen molar-refractivity contribution >= 4 is 17.3 Å². The molecule has 0 fully saturated rings. The molecule has 1 aromatic rings. The Hall–Kier alpha value is -1.75. The lowest BCUT2D eigenvalue weighted by molar-refractivity contribution is 0.0827. The highest BCUT2D eigenvalue weighted by Gasteiger charge is 2.12. The van der Waals surface area contributed by atoms with Crippen molar-refractivity contribution in [2.45, 2.75) is 6.92 Å². The number of rotatable bonds is 5. The Balaban J connectivity index is 3.02. The number of hydrogen-bond acceptors (Lipinski definition) is 4. The molecule has 0 aromatic heterocycles. The van der Waals surface area contributed by atoms with Crippen LogP contribution in [0.5, 0.6) is 0 Å². The smallest absolute Gasteiger partial charge is 0.253 e. The van der Waals surface area contributed by atoms with Gasteiger partial charge < -0.3 is 20.6 Å². The summed E-state index contributed by atoms with van der Waals surface area (Å²) in [5.41, 5.74) is 7.95. The summed E-state index contributed by atoms with van der Waals surface area (Å²) < 4.78 is 0. The summed E-state index contributed by atoms with van der Waals surface area (Å²) in [6, 6.07) is 5.26. The summed E-state index contributed by atoms with van der Waals surface area (Å²) in [6.07, 6.45) is 0. The second-order valence-corrected chi connectivity index (χ2v) is 4.28. The zero-order chi connectivity index (χ0) is 13.7. The average Bonchev–Trinajstić information content (AvgIpc) is 2.35. The van der Waals surface area contributed by atoms with Gasteiger partial charge in [-0.2, -0.15) is 0 Å². The van der Waals surface area contributed by atoms with Gasteiger partial charge in [-0.1, -0.05) is 0 Å². The molecule has 0 spiro atoms. The Kier molecular flexibility index (Phi) is 4.97. The second-order valence-electron chi connectivity index (χ2n) is 4.28. The van der Waals surface area contributed by atoms with Crippen LogP contribution in [0.15, 0.2) is 18.2 Å². The Morgan fingerprint density at radius 2 is 2.06 bits per heavy atom. The van der Waals surface area contributed by atoms with Gasteiger partial charge in [-0.05, 0) is 25.1 Å². The van der Waals surface area contributed by atoms with Gasteiger partial charge in [0.05, 0.1) is 18.0 Å². The number of hydrogen-bond donors (Lipinski definition) is 2. The lowest BCUT2D eigenvalue weighted by Gasteiger charge is -2.24. The van der Waals surface area contributed by atoms with Gasteiger partial charge in [0, 0.05) is 32.7 Å². The predicted octanol–water partition coefficient (Wildman–Crippen LogP) is 0.789. The van der Waals surface area contributed by atoms with Gasteiger partial charge in [0.1, 0.15) is 0 Å². The van der Waals surface area contributed by atoms with Crippen LogP contribution in [0.4, 0.5) is 11.4 Å². The molecule has 5 heteroatoms. The van der Waals surface area contributed by atoms with Crippen LogP contribution in [0.1, 0.15) is 17.3 Å². The molecule has 100 valence electrons. The van der Waals surface area contributed by atoms with Crippen molar-refractivity contribution in [1.82, 2.24) is 4.90 Å². The highest BCUT2D eigenvalue weighted by Crippen LogP contribution is 2.24. The van der Waals surface area contributed by atoms with Crippen LogP contribution >= 0.6 is 0 Å². The number of anilines is 2. The van der Waals surface area contributed by atoms with Gasteiger partial charge >= 0.3 is 0 Å². The van der Waals surface area contributed by atoms with Crippen LogP contribution in [0.3, 0.4) is 0 Å². The molecular weight excluding hydrogens is 230 g/mol. The first kappa shape index (κ1) is 14.3. The summed E-state index contributed by atoms with van der Waals surface area (Å²) >= 11 is 0. The standard InChI is InChI=1S/C13H21N3O2/c1-4-16(7-8-17)12-6-5-10(9-11(12)14)13(18)15(2)3/h5-6,9,17H,4,7-8,14H2,1-3H3. The highest BCUT2D eigenvalue weighted by molar-refractivity contribution is 5.95. The number of benzene rings is 1. The largest absolute Gasteiger partial charge is 0.397 e. The first-order valence-corrected chi connectivity index (χ1v) is 5.98. The number of nitrogens with two attached hydrogens (primary N) is 1. The molecule has 0 unspecified atom stereocenters. The average molecular weight is 251 g/mol. The van der Waals surface area contributed by atoms with E-state index in [1.165, 1.54) is 4.90 Å². The third-order valence-corrected chi connectivity index (χ3v) is 2.77. The van der Waals surface area contributed by atoms with E-state index in [0.717, 1.165) is 12.2 Å². The molecule has 0 aliphatic heterocycles. The summed E-state index contributed by atoms with van der Waals surface area (Å²) in [4.78, 5) is 15.3. The second kappa shape index (κ2) is 6.26. The zero-order valence-electron chi connectivity index (χ0n) is 11.2. The van der Waals surface area contributed by atoms with Crippen molar-refractivity contribution in [3.8, 4) is 0 Å². The minimum Gasteiger partial charge on any atom is -0.397 e. The number of nitrogens with zero attached hydrogens (tertiary/aromatic N) is 2. The quantitative estimate of drug-likeness (QED) is 0.759. The number of nitrogen functional groups attached to an aromatic ring is 1. The van der Waals surface area contributed by atoms with Crippen molar-refractivity contribution in [2.75, 3.05) is 44.4 Å². The number of aliphatic hydroxyl groups excluding tert-OH is 1. The monoisotopic (exact) mass is 251 g/mol. The Morgan fingerprint density at radius 1 is 1.39 bits per heavy atom. The van der Waals surface area contributed by atoms with Crippen molar-refractivity contribution in [2.24, 2.45) is 0 Å². The summed E-state index contributed by atoms with van der Waals surface area (Å²) in [7, 11) is 3.41. The molecular formula is C13H21N3O2. The zero-order valence-corrected chi connectivity index (χ0v) is 11.2. The molecule has 0 aliphatic carbocycles. The van der Waals surface area contributed by atoms with Gasteiger partial charge in [-0.25, -0.2) is 0 Å². The maximum atomic E-state index is 11.8. The van der Waals surface area contributed by atoms with Gasteiger partial charge in [0.2, 0.25) is 0 Å². The molecule has 0 bridgehead atoms. The van der Waals surface area contributed by atoms with E-state index in [1.807, 2.05) is 17.9 Å². The normalized spacial score (nSPS) is 10.2. The van der Waals surface area contributed by atoms with Gasteiger partial charge in [0.25, 0.3) is 5.91 Å². The number of carbonyl (C=O) groups excluding carboxylic acids is 1. The molecule has 0 saturated heterocycles. The fraction of sp³-hybridized carbons (Fsp3) is 0.462. The van der Waals surface area contributed by atoms with Crippen molar-refractivity contribution in [3.63, 3.8) is 0 Å². The Bertz CT molecular complexity index is 419. The third-order valence-electron chi connectivity index (χ3n) is 2.77. The summed E-state index contributed by atoms with van der Waals surface area (Å²) in [5.74, 6) is -0.0709. The van der Waals surface area contributed by atoms with Crippen LogP contribution in [0, 0.1) is 0 Å². The molecule has 1 rings (SSSR count). The van der Waals surface area contributed by atoms with Crippen molar-refractivity contribution in [3.05, 3.63) is 23.8 Å². The van der Waals surface area contributed by atoms with Crippen LogP contribution in [0.2, 0.25) is 0 Å². The Morgan fingerprint density at radius 3 is 2.50 bits per heavy atom. The first-order chi connectivity index (χ1) is 8.51. The van der Waals surface area contributed by atoms with E-state index in [2.05, 4.69) is 0 Å². The maximum Gasteiger partial charge on any atom is 0.253 e. The van der Waals surface area contributed by atoms with E-state index in [4.69, 9.17) is 10.8 Å². The van der Waals surface area contributed by atoms with E-state index in [9.17, 15) is 4.79 Å². The molecule has 0 heterocycles. The molecule has 0 aliphatic rings. The van der Waals surface area contributed by atoms with Crippen molar-refractivity contribution in [1.29, 1.82) is 0 Å². The lowest BCUT2D eigenvalue weighted by atomic mass is 10.1. The number of amides is 1. The Labute approximate surface area is 108 Å². The summed E-state index contributed by atoms with van der Waals surface area (Å²) in [6.45, 7) is 3.35. The molecule has 3 N–H and O–H groups in total. The van der Waals surface area contributed by atoms with Gasteiger partial charge in [0.15, 0.2) is 0 Å². The fourth-order valence-electron chi connectivity index (χ4n) is 1.80. The molecule has 0 radical (unpaired) electrons. The van der Waals surface area contributed by atoms with E-state index in [1.54, 1.807) is 26.2 Å².